The van der Waals surface area contributed by atoms with E-state index in [4.69, 9.17) is 9.84 Å². The smallest absolute Gasteiger partial charge is 0.127 e. The van der Waals surface area contributed by atoms with Crippen molar-refractivity contribution in [2.24, 2.45) is 0 Å². The Hall–Kier alpha value is -1.06. The van der Waals surface area contributed by atoms with E-state index >= 15 is 0 Å². The van der Waals surface area contributed by atoms with Gasteiger partial charge in [-0.1, -0.05) is 18.2 Å². The van der Waals surface area contributed by atoms with E-state index in [0.29, 0.717) is 5.75 Å². The third-order valence-electron chi connectivity index (χ3n) is 2.03. The molecule has 0 saturated heterocycles. The molecule has 0 aliphatic heterocycles. The average Bonchev–Trinajstić information content (AvgIpc) is 2.14. The summed E-state index contributed by atoms with van der Waals surface area (Å²) in [6.07, 6.45) is 0. The number of ether oxygens (including phenoxy) is 1. The Balaban J connectivity index is 2.83. The second-order valence-corrected chi connectivity index (χ2v) is 4.32. The van der Waals surface area contributed by atoms with Gasteiger partial charge in [-0.3, -0.25) is 0 Å². The molecular weight excluding hydrogens is 192 g/mol. The highest BCUT2D eigenvalue weighted by molar-refractivity contribution is 5.40. The van der Waals surface area contributed by atoms with Gasteiger partial charge in [-0.2, -0.15) is 0 Å². The summed E-state index contributed by atoms with van der Waals surface area (Å²) in [5.74, 6) is 0.669. The molecule has 1 aromatic carbocycles. The van der Waals surface area contributed by atoms with E-state index in [0.717, 1.165) is 11.1 Å². The average molecular weight is 210 g/mol. The van der Waals surface area contributed by atoms with E-state index in [1.807, 2.05) is 25.1 Å². The maximum atomic E-state index is 9.55. The van der Waals surface area contributed by atoms with E-state index in [9.17, 15) is 5.11 Å². The van der Waals surface area contributed by atoms with E-state index < -0.39 is 5.60 Å². The van der Waals surface area contributed by atoms with Crippen molar-refractivity contribution in [2.75, 3.05) is 6.61 Å². The molecule has 0 unspecified atom stereocenters. The quantitative estimate of drug-likeness (QED) is 0.794. The van der Waals surface area contributed by atoms with Gasteiger partial charge in [0.1, 0.15) is 12.4 Å². The lowest BCUT2D eigenvalue weighted by molar-refractivity contribution is 0.0275. The van der Waals surface area contributed by atoms with Crippen LogP contribution < -0.4 is 4.74 Å². The summed E-state index contributed by atoms with van der Waals surface area (Å²) in [6, 6.07) is 5.60. The zero-order valence-corrected chi connectivity index (χ0v) is 9.45. The molecule has 0 spiro atoms. The van der Waals surface area contributed by atoms with Crippen LogP contribution in [0.25, 0.3) is 0 Å². The van der Waals surface area contributed by atoms with Crippen LogP contribution >= 0.6 is 0 Å². The lowest BCUT2D eigenvalue weighted by Gasteiger charge is -2.20. The number of hydrogen-bond donors (Lipinski definition) is 2. The van der Waals surface area contributed by atoms with Crippen molar-refractivity contribution in [3.63, 3.8) is 0 Å². The molecule has 0 aliphatic carbocycles. The topological polar surface area (TPSA) is 49.7 Å². The van der Waals surface area contributed by atoms with Gasteiger partial charge in [0.2, 0.25) is 0 Å². The Morgan fingerprint density at radius 3 is 2.53 bits per heavy atom. The molecule has 0 bridgehead atoms. The third kappa shape index (κ3) is 3.53. The number of benzene rings is 1. The van der Waals surface area contributed by atoms with Crippen LogP contribution in [-0.4, -0.2) is 22.4 Å². The fourth-order valence-electron chi connectivity index (χ4n) is 1.29. The Morgan fingerprint density at radius 2 is 2.00 bits per heavy atom. The Bertz CT molecular complexity index is 326. The first-order chi connectivity index (χ1) is 6.94. The van der Waals surface area contributed by atoms with Gasteiger partial charge in [0.15, 0.2) is 0 Å². The second-order valence-electron chi connectivity index (χ2n) is 4.32. The summed E-state index contributed by atoms with van der Waals surface area (Å²) in [6.45, 7) is 5.44. The first kappa shape index (κ1) is 12.0. The first-order valence-corrected chi connectivity index (χ1v) is 4.98. The van der Waals surface area contributed by atoms with Crippen molar-refractivity contribution in [1.82, 2.24) is 0 Å². The zero-order chi connectivity index (χ0) is 11.5. The van der Waals surface area contributed by atoms with Gasteiger partial charge >= 0.3 is 0 Å². The highest BCUT2D eigenvalue weighted by Gasteiger charge is 2.15. The third-order valence-corrected chi connectivity index (χ3v) is 2.03. The highest BCUT2D eigenvalue weighted by Crippen LogP contribution is 2.24. The van der Waals surface area contributed by atoms with Crippen LogP contribution in [0.4, 0.5) is 0 Å². The minimum absolute atomic E-state index is 0.0527. The molecular formula is C12H18O3. The summed E-state index contributed by atoms with van der Waals surface area (Å²) < 4.78 is 5.51. The lowest BCUT2D eigenvalue weighted by Crippen LogP contribution is -2.28. The van der Waals surface area contributed by atoms with Gasteiger partial charge in [0.25, 0.3) is 0 Å². The molecule has 0 aromatic heterocycles. The summed E-state index contributed by atoms with van der Waals surface area (Å²) >= 11 is 0. The zero-order valence-electron chi connectivity index (χ0n) is 9.45. The Labute approximate surface area is 90.3 Å². The van der Waals surface area contributed by atoms with Crippen molar-refractivity contribution in [3.05, 3.63) is 29.3 Å². The molecule has 3 heteroatoms. The number of para-hydroxylation sites is 1. The van der Waals surface area contributed by atoms with Crippen molar-refractivity contribution >= 4 is 0 Å². The number of rotatable bonds is 4. The minimum Gasteiger partial charge on any atom is -0.490 e. The molecule has 0 fully saturated rings. The maximum absolute atomic E-state index is 9.55. The van der Waals surface area contributed by atoms with Gasteiger partial charge < -0.3 is 14.9 Å². The molecule has 0 radical (unpaired) electrons. The largest absolute Gasteiger partial charge is 0.490 e. The fraction of sp³-hybridized carbons (Fsp3) is 0.500. The van der Waals surface area contributed by atoms with Gasteiger partial charge in [0, 0.05) is 5.56 Å². The van der Waals surface area contributed by atoms with Gasteiger partial charge in [-0.05, 0) is 26.3 Å². The lowest BCUT2D eigenvalue weighted by atomic mass is 10.1. The predicted molar refractivity (Wildman–Crippen MR) is 58.9 cm³/mol. The second kappa shape index (κ2) is 4.64. The van der Waals surface area contributed by atoms with Crippen molar-refractivity contribution in [3.8, 4) is 5.75 Å². The van der Waals surface area contributed by atoms with Crippen LogP contribution in [-0.2, 0) is 6.61 Å². The molecule has 0 aliphatic rings. The monoisotopic (exact) mass is 210 g/mol. The SMILES string of the molecule is Cc1cccc(CO)c1OCC(C)(C)O. The van der Waals surface area contributed by atoms with Crippen LogP contribution in [0.15, 0.2) is 18.2 Å². The molecule has 3 nitrogen and oxygen atoms in total. The van der Waals surface area contributed by atoms with Crippen LogP contribution in [0.3, 0.4) is 0 Å². The van der Waals surface area contributed by atoms with E-state index in [-0.39, 0.29) is 13.2 Å². The minimum atomic E-state index is -0.866. The molecule has 0 amide bonds. The normalized spacial score (nSPS) is 11.5. The number of aliphatic hydroxyl groups is 2. The summed E-state index contributed by atoms with van der Waals surface area (Å²) in [5, 5.41) is 18.7. The van der Waals surface area contributed by atoms with Crippen LogP contribution in [0, 0.1) is 6.92 Å². The van der Waals surface area contributed by atoms with Crippen LogP contribution in [0.1, 0.15) is 25.0 Å². The van der Waals surface area contributed by atoms with Crippen molar-refractivity contribution in [1.29, 1.82) is 0 Å². The summed E-state index contributed by atoms with van der Waals surface area (Å²) in [7, 11) is 0. The van der Waals surface area contributed by atoms with Crippen LogP contribution in [0.2, 0.25) is 0 Å². The molecule has 1 aromatic rings. The number of aryl methyl sites for hydroxylation is 1. The number of hydrogen-bond acceptors (Lipinski definition) is 3. The van der Waals surface area contributed by atoms with Gasteiger partial charge in [-0.15, -0.1) is 0 Å². The maximum Gasteiger partial charge on any atom is 0.127 e. The number of aliphatic hydroxyl groups excluding tert-OH is 1. The highest BCUT2D eigenvalue weighted by atomic mass is 16.5. The fourth-order valence-corrected chi connectivity index (χ4v) is 1.29. The van der Waals surface area contributed by atoms with Gasteiger partial charge in [-0.25, -0.2) is 0 Å². The van der Waals surface area contributed by atoms with Gasteiger partial charge in [0.05, 0.1) is 12.2 Å². The summed E-state index contributed by atoms with van der Waals surface area (Å²) in [4.78, 5) is 0. The molecule has 0 atom stereocenters. The van der Waals surface area contributed by atoms with E-state index in [1.54, 1.807) is 13.8 Å². The molecule has 1 rings (SSSR count). The van der Waals surface area contributed by atoms with E-state index in [1.165, 1.54) is 0 Å². The molecule has 2 N–H and O–H groups in total. The molecule has 84 valence electrons. The summed E-state index contributed by atoms with van der Waals surface area (Å²) in [5.41, 5.74) is 0.847. The van der Waals surface area contributed by atoms with Crippen molar-refractivity contribution < 1.29 is 14.9 Å². The standard InChI is InChI=1S/C12H18O3/c1-9-5-4-6-10(7-13)11(9)15-8-12(2,3)14/h4-6,13-14H,7-8H2,1-3H3. The van der Waals surface area contributed by atoms with Crippen LogP contribution in [0.5, 0.6) is 5.75 Å². The van der Waals surface area contributed by atoms with Crippen molar-refractivity contribution in [2.45, 2.75) is 33.0 Å². The molecule has 15 heavy (non-hydrogen) atoms. The first-order valence-electron chi connectivity index (χ1n) is 4.98. The van der Waals surface area contributed by atoms with E-state index in [2.05, 4.69) is 0 Å². The molecule has 0 saturated carbocycles. The predicted octanol–water partition coefficient (Wildman–Crippen LogP) is 1.64. The molecule has 0 heterocycles. The Morgan fingerprint density at radius 1 is 1.33 bits per heavy atom. The Kier molecular flexibility index (Phi) is 3.72.